The molecule has 1 saturated carbocycles. The van der Waals surface area contributed by atoms with Crippen LogP contribution in [0.4, 0.5) is 4.79 Å². The summed E-state index contributed by atoms with van der Waals surface area (Å²) in [6.45, 7) is 0. The van der Waals surface area contributed by atoms with E-state index in [4.69, 9.17) is 9.47 Å². The van der Waals surface area contributed by atoms with Crippen molar-refractivity contribution in [1.82, 2.24) is 10.4 Å². The number of hydrogen-bond donors (Lipinski definition) is 2. The summed E-state index contributed by atoms with van der Waals surface area (Å²) in [5, 5.41) is 12.8. The van der Waals surface area contributed by atoms with E-state index in [1.165, 1.54) is 7.05 Å². The Bertz CT molecular complexity index is 629. The van der Waals surface area contributed by atoms with Gasteiger partial charge in [-0.1, -0.05) is 18.2 Å². The topological polar surface area (TPSA) is 71.0 Å². The van der Waals surface area contributed by atoms with Gasteiger partial charge in [0.1, 0.15) is 0 Å². The lowest BCUT2D eigenvalue weighted by Crippen LogP contribution is -2.46. The lowest BCUT2D eigenvalue weighted by molar-refractivity contribution is -0.0199. The predicted molar refractivity (Wildman–Crippen MR) is 84.9 cm³/mol. The van der Waals surface area contributed by atoms with Crippen molar-refractivity contribution < 1.29 is 19.5 Å². The fourth-order valence-corrected chi connectivity index (χ4v) is 3.77. The molecule has 2 aliphatic rings. The Balaban J connectivity index is 1.90. The lowest BCUT2D eigenvalue weighted by Gasteiger charge is -2.30. The van der Waals surface area contributed by atoms with Crippen LogP contribution in [0.5, 0.6) is 11.5 Å². The molecule has 0 heterocycles. The molecule has 0 aromatic heterocycles. The Morgan fingerprint density at radius 1 is 1.22 bits per heavy atom. The molecule has 4 atom stereocenters. The standard InChI is InChI=1S/C17H22N2O4/c1-19(21)17(20)18-16-12-5-4-10(8-12)15(16)11-6-7-13(22-2)14(9-11)23-3/h4-7,9-10,12,15-16,21H,8H2,1-3H3,(H,18,20)/t10-,12-,15?,16?/m0/s1. The van der Waals surface area contributed by atoms with Crippen molar-refractivity contribution in [1.29, 1.82) is 0 Å². The number of allylic oxidation sites excluding steroid dienone is 1. The number of amides is 2. The van der Waals surface area contributed by atoms with Gasteiger partial charge in [-0.25, -0.2) is 9.86 Å². The van der Waals surface area contributed by atoms with Crippen molar-refractivity contribution in [3.63, 3.8) is 0 Å². The zero-order valence-electron chi connectivity index (χ0n) is 13.5. The first kappa shape index (κ1) is 15.7. The molecule has 2 amide bonds. The number of hydrogen-bond acceptors (Lipinski definition) is 4. The van der Waals surface area contributed by atoms with Gasteiger partial charge in [0.2, 0.25) is 0 Å². The van der Waals surface area contributed by atoms with Crippen LogP contribution in [0.1, 0.15) is 17.9 Å². The summed E-state index contributed by atoms with van der Waals surface area (Å²) in [4.78, 5) is 11.9. The Morgan fingerprint density at radius 2 is 1.91 bits per heavy atom. The average molecular weight is 318 g/mol. The fraction of sp³-hybridized carbons (Fsp3) is 0.471. The van der Waals surface area contributed by atoms with Crippen LogP contribution in [0, 0.1) is 11.8 Å². The van der Waals surface area contributed by atoms with Gasteiger partial charge in [0.15, 0.2) is 11.5 Å². The molecule has 2 bridgehead atoms. The van der Waals surface area contributed by atoms with E-state index in [1.54, 1.807) is 14.2 Å². The number of ether oxygens (including phenoxy) is 2. The second-order valence-corrected chi connectivity index (χ2v) is 6.09. The smallest absolute Gasteiger partial charge is 0.341 e. The van der Waals surface area contributed by atoms with E-state index in [9.17, 15) is 10.0 Å². The molecule has 0 saturated heterocycles. The van der Waals surface area contributed by atoms with Crippen molar-refractivity contribution >= 4 is 6.03 Å². The first-order chi connectivity index (χ1) is 11.0. The van der Waals surface area contributed by atoms with Crippen molar-refractivity contribution in [3.05, 3.63) is 35.9 Å². The number of carbonyl (C=O) groups excluding carboxylic acids is 1. The SMILES string of the molecule is COc1ccc(C2C(NC(=O)N(C)O)[C@H]3C=C[C@H]2C3)cc1OC. The largest absolute Gasteiger partial charge is 0.493 e. The van der Waals surface area contributed by atoms with Crippen LogP contribution in [0.25, 0.3) is 0 Å². The van der Waals surface area contributed by atoms with Crippen molar-refractivity contribution in [3.8, 4) is 11.5 Å². The molecule has 1 aromatic carbocycles. The molecule has 0 radical (unpaired) electrons. The minimum Gasteiger partial charge on any atom is -0.493 e. The number of nitrogens with zero attached hydrogens (tertiary/aromatic N) is 1. The maximum Gasteiger partial charge on any atom is 0.341 e. The first-order valence-electron chi connectivity index (χ1n) is 7.68. The Kier molecular flexibility index (Phi) is 4.17. The Morgan fingerprint density at radius 3 is 2.57 bits per heavy atom. The molecule has 2 aliphatic carbocycles. The number of hydroxylamine groups is 2. The molecule has 23 heavy (non-hydrogen) atoms. The van der Waals surface area contributed by atoms with Gasteiger partial charge in [0.05, 0.1) is 14.2 Å². The Hall–Kier alpha value is -2.21. The monoisotopic (exact) mass is 318 g/mol. The van der Waals surface area contributed by atoms with Crippen molar-refractivity contribution in [2.75, 3.05) is 21.3 Å². The van der Waals surface area contributed by atoms with Gasteiger partial charge in [0.25, 0.3) is 0 Å². The number of fused-ring (bicyclic) bond motifs is 2. The molecule has 6 nitrogen and oxygen atoms in total. The van der Waals surface area contributed by atoms with Crippen LogP contribution < -0.4 is 14.8 Å². The highest BCUT2D eigenvalue weighted by molar-refractivity contribution is 5.73. The molecule has 124 valence electrons. The number of rotatable bonds is 4. The van der Waals surface area contributed by atoms with Gasteiger partial charge in [0, 0.05) is 19.0 Å². The summed E-state index contributed by atoms with van der Waals surface area (Å²) >= 11 is 0. The molecule has 2 N–H and O–H groups in total. The van der Waals surface area contributed by atoms with Gasteiger partial charge in [-0.05, 0) is 36.0 Å². The van der Waals surface area contributed by atoms with Gasteiger partial charge >= 0.3 is 6.03 Å². The van der Waals surface area contributed by atoms with E-state index in [1.807, 2.05) is 18.2 Å². The van der Waals surface area contributed by atoms with Gasteiger partial charge in [-0.15, -0.1) is 0 Å². The highest BCUT2D eigenvalue weighted by Gasteiger charge is 2.46. The second kappa shape index (κ2) is 6.12. The van der Waals surface area contributed by atoms with E-state index in [2.05, 4.69) is 17.5 Å². The lowest BCUT2D eigenvalue weighted by atomic mass is 9.83. The van der Waals surface area contributed by atoms with Crippen molar-refractivity contribution in [2.24, 2.45) is 11.8 Å². The quantitative estimate of drug-likeness (QED) is 0.508. The van der Waals surface area contributed by atoms with Crippen LogP contribution >= 0.6 is 0 Å². The number of urea groups is 1. The first-order valence-corrected chi connectivity index (χ1v) is 7.68. The normalized spacial score (nSPS) is 27.8. The molecule has 6 heteroatoms. The molecular weight excluding hydrogens is 296 g/mol. The summed E-state index contributed by atoms with van der Waals surface area (Å²) in [6, 6.07) is 5.36. The van der Waals surface area contributed by atoms with Crippen LogP contribution in [0.15, 0.2) is 30.4 Å². The zero-order chi connectivity index (χ0) is 16.6. The summed E-state index contributed by atoms with van der Waals surface area (Å²) in [6.07, 6.45) is 5.39. The molecule has 1 fully saturated rings. The van der Waals surface area contributed by atoms with Gasteiger partial charge in [-0.2, -0.15) is 0 Å². The third-order valence-electron chi connectivity index (χ3n) is 4.84. The number of benzene rings is 1. The summed E-state index contributed by atoms with van der Waals surface area (Å²) in [5.74, 6) is 2.20. The van der Waals surface area contributed by atoms with E-state index in [0.29, 0.717) is 28.4 Å². The van der Waals surface area contributed by atoms with E-state index in [0.717, 1.165) is 12.0 Å². The number of methoxy groups -OCH3 is 2. The van der Waals surface area contributed by atoms with Crippen LogP contribution in [-0.2, 0) is 0 Å². The summed E-state index contributed by atoms with van der Waals surface area (Å²) < 4.78 is 10.7. The summed E-state index contributed by atoms with van der Waals surface area (Å²) in [5.41, 5.74) is 1.10. The maximum absolute atomic E-state index is 11.9. The zero-order valence-corrected chi connectivity index (χ0v) is 13.5. The summed E-state index contributed by atoms with van der Waals surface area (Å²) in [7, 11) is 4.55. The van der Waals surface area contributed by atoms with Crippen LogP contribution in [-0.4, -0.2) is 43.6 Å². The minimum atomic E-state index is -0.485. The minimum absolute atomic E-state index is 0.0369. The second-order valence-electron chi connectivity index (χ2n) is 6.09. The molecule has 0 aliphatic heterocycles. The predicted octanol–water partition coefficient (Wildman–Crippen LogP) is 2.39. The van der Waals surface area contributed by atoms with Gasteiger partial charge in [-0.3, -0.25) is 5.21 Å². The fourth-order valence-electron chi connectivity index (χ4n) is 3.77. The van der Waals surface area contributed by atoms with Crippen molar-refractivity contribution in [2.45, 2.75) is 18.4 Å². The molecule has 0 spiro atoms. The molecule has 1 aromatic rings. The Labute approximate surface area is 135 Å². The average Bonchev–Trinajstić information content (AvgIpc) is 3.15. The van der Waals surface area contributed by atoms with Crippen LogP contribution in [0.2, 0.25) is 0 Å². The van der Waals surface area contributed by atoms with E-state index >= 15 is 0 Å². The van der Waals surface area contributed by atoms with Crippen LogP contribution in [0.3, 0.4) is 0 Å². The van der Waals surface area contributed by atoms with E-state index in [-0.39, 0.29) is 12.0 Å². The molecule has 2 unspecified atom stereocenters. The third kappa shape index (κ3) is 2.74. The molecule has 3 rings (SSSR count). The van der Waals surface area contributed by atoms with E-state index < -0.39 is 6.03 Å². The highest BCUT2D eigenvalue weighted by Crippen LogP contribution is 2.50. The number of nitrogens with one attached hydrogen (secondary N) is 1. The third-order valence-corrected chi connectivity index (χ3v) is 4.84. The molecular formula is C17H22N2O4. The van der Waals surface area contributed by atoms with Gasteiger partial charge < -0.3 is 14.8 Å². The highest BCUT2D eigenvalue weighted by atomic mass is 16.5. The maximum atomic E-state index is 11.9. The number of carbonyl (C=O) groups is 1.